The topological polar surface area (TPSA) is 219 Å². The Bertz CT molecular complexity index is 2540. The van der Waals surface area contributed by atoms with E-state index in [2.05, 4.69) is 21.3 Å². The maximum absolute atomic E-state index is 16.7. The van der Waals surface area contributed by atoms with E-state index >= 15 is 8.78 Å². The number of carbonyl (C=O) groups excluding carboxylic acids is 6. The minimum absolute atomic E-state index is 0.00661. The zero-order valence-electron chi connectivity index (χ0n) is 47.8. The summed E-state index contributed by atoms with van der Waals surface area (Å²) in [6.07, 6.45) is 1.23. The van der Waals surface area contributed by atoms with Gasteiger partial charge in [0.25, 0.3) is 0 Å². The summed E-state index contributed by atoms with van der Waals surface area (Å²) in [4.78, 5) is 87.9. The van der Waals surface area contributed by atoms with E-state index < -0.39 is 91.9 Å². The summed E-state index contributed by atoms with van der Waals surface area (Å²) in [6, 6.07) is 17.4. The molecule has 3 aromatic carbocycles. The number of hydrogen-bond acceptors (Lipinski definition) is 14. The quantitative estimate of drug-likeness (QED) is 0.0821. The number of likely N-dealkylation sites (tertiary alicyclic amines) is 2. The first-order valence-corrected chi connectivity index (χ1v) is 31.0. The summed E-state index contributed by atoms with van der Waals surface area (Å²) >= 11 is 0. The van der Waals surface area contributed by atoms with Crippen LogP contribution in [-0.2, 0) is 47.6 Å². The molecule has 6 amide bonds. The summed E-state index contributed by atoms with van der Waals surface area (Å²) < 4.78 is 64.7. The number of methoxy groups -OCH3 is 6. The molecule has 1 spiro atoms. The number of amides is 6. The third-order valence-corrected chi connectivity index (χ3v) is 22.9. The fourth-order valence-electron chi connectivity index (χ4n) is 13.0. The zero-order valence-corrected chi connectivity index (χ0v) is 48.8. The van der Waals surface area contributed by atoms with Gasteiger partial charge in [-0.1, -0.05) is 49.2 Å². The second-order valence-electron chi connectivity index (χ2n) is 22.4. The van der Waals surface area contributed by atoms with Crippen LogP contribution in [0, 0.1) is 23.5 Å². The van der Waals surface area contributed by atoms with Gasteiger partial charge >= 0.3 is 12.2 Å². The van der Waals surface area contributed by atoms with E-state index in [4.69, 9.17) is 28.4 Å². The number of hydrogen-bond donors (Lipinski definition) is 4. The molecule has 5 aliphatic rings. The van der Waals surface area contributed by atoms with Crippen LogP contribution in [0.2, 0.25) is 24.2 Å². The van der Waals surface area contributed by atoms with Crippen molar-refractivity contribution in [1.82, 2.24) is 20.4 Å². The summed E-state index contributed by atoms with van der Waals surface area (Å²) in [5.41, 5.74) is 2.97. The first-order chi connectivity index (χ1) is 38.9. The van der Waals surface area contributed by atoms with Crippen LogP contribution in [0.3, 0.4) is 0 Å². The van der Waals surface area contributed by atoms with E-state index in [0.717, 1.165) is 23.2 Å². The van der Waals surface area contributed by atoms with Gasteiger partial charge in [0.05, 0.1) is 59.8 Å². The van der Waals surface area contributed by atoms with Gasteiger partial charge in [0.2, 0.25) is 23.6 Å². The molecule has 0 aliphatic carbocycles. The number of halogens is 2. The molecule has 0 bridgehead atoms. The van der Waals surface area contributed by atoms with Crippen molar-refractivity contribution < 1.29 is 66.0 Å². The van der Waals surface area contributed by atoms with Gasteiger partial charge in [0.1, 0.15) is 29.9 Å². The Morgan fingerprint density at radius 2 is 1.01 bits per heavy atom. The molecular formula is C58H80F2N8O12Si. The molecule has 0 aromatic heterocycles. The molecule has 4 N–H and O–H groups in total. The molecule has 442 valence electrons. The number of nitrogens with one attached hydrogen (secondary N) is 4. The highest BCUT2D eigenvalue weighted by molar-refractivity contribution is 6.80. The van der Waals surface area contributed by atoms with Crippen molar-refractivity contribution in [2.75, 3.05) is 102 Å². The van der Waals surface area contributed by atoms with Crippen LogP contribution in [0.5, 0.6) is 0 Å². The molecule has 5 saturated heterocycles. The molecule has 20 nitrogen and oxygen atoms in total. The average molecular weight is 1150 g/mol. The van der Waals surface area contributed by atoms with Gasteiger partial charge in [-0.2, -0.15) is 0 Å². The minimum Gasteiger partial charge on any atom is -0.453 e. The van der Waals surface area contributed by atoms with E-state index in [0.29, 0.717) is 69.0 Å². The van der Waals surface area contributed by atoms with Crippen molar-refractivity contribution >= 4 is 66.6 Å². The van der Waals surface area contributed by atoms with E-state index in [1.807, 2.05) is 34.1 Å². The maximum atomic E-state index is 16.7. The van der Waals surface area contributed by atoms with Gasteiger partial charge in [-0.3, -0.25) is 19.2 Å². The van der Waals surface area contributed by atoms with Gasteiger partial charge < -0.3 is 69.3 Å². The molecule has 81 heavy (non-hydrogen) atoms. The fourth-order valence-corrected chi connectivity index (χ4v) is 18.0. The molecule has 8 rings (SSSR count). The molecule has 0 unspecified atom stereocenters. The van der Waals surface area contributed by atoms with Gasteiger partial charge in [-0.05, 0) is 99.1 Å². The van der Waals surface area contributed by atoms with E-state index in [1.165, 1.54) is 75.3 Å². The monoisotopic (exact) mass is 1150 g/mol. The summed E-state index contributed by atoms with van der Waals surface area (Å²) in [5.74, 6) is -3.43. The molecule has 23 heteroatoms. The number of carbonyl (C=O) groups is 6. The zero-order chi connectivity index (χ0) is 58.1. The van der Waals surface area contributed by atoms with Crippen molar-refractivity contribution in [3.8, 4) is 0 Å². The van der Waals surface area contributed by atoms with Crippen molar-refractivity contribution in [2.45, 2.75) is 125 Å². The molecule has 3 aromatic rings. The first-order valence-electron chi connectivity index (χ1n) is 28.1. The van der Waals surface area contributed by atoms with Crippen molar-refractivity contribution in [3.05, 3.63) is 83.4 Å². The molecule has 5 aliphatic heterocycles. The van der Waals surface area contributed by atoms with Crippen LogP contribution >= 0.6 is 0 Å². The van der Waals surface area contributed by atoms with Gasteiger partial charge in [0, 0.05) is 83.5 Å². The predicted octanol–water partition coefficient (Wildman–Crippen LogP) is 7.23. The highest BCUT2D eigenvalue weighted by atomic mass is 28.3. The molecule has 5 heterocycles. The SMILES string of the molecule is COC[C@H]1C[C@@H](C(=O)Nc2ccc([C@@H]3CC[C@@H](c4ccc(NC(=O)[C@@H]5C[C@H](COC)CN5C(=O)[C@@H](NC(=O)OC)[C@@H](C)OC)cc4)N3c3cc(F)c(N4CC[Si]5(CCCC5)CC4)c(F)c3)cc2)N(C(=O)[C@@H](NC(=O)OC)[C@@H](C)OC)C1. The van der Waals surface area contributed by atoms with E-state index in [9.17, 15) is 28.8 Å². The predicted molar refractivity (Wildman–Crippen MR) is 303 cm³/mol. The lowest BCUT2D eigenvalue weighted by Crippen LogP contribution is -2.56. The molecule has 5 fully saturated rings. The number of ether oxygens (including phenoxy) is 6. The van der Waals surface area contributed by atoms with Crippen molar-refractivity contribution in [2.24, 2.45) is 11.8 Å². The lowest BCUT2D eigenvalue weighted by atomic mass is 10.0. The van der Waals surface area contributed by atoms with E-state index in [1.54, 1.807) is 52.3 Å². The Morgan fingerprint density at radius 1 is 0.605 bits per heavy atom. The van der Waals surface area contributed by atoms with Crippen LogP contribution in [0.1, 0.15) is 75.6 Å². The maximum Gasteiger partial charge on any atom is 0.407 e. The van der Waals surface area contributed by atoms with Crippen molar-refractivity contribution in [1.29, 1.82) is 0 Å². The summed E-state index contributed by atoms with van der Waals surface area (Å²) in [6.45, 7) is 5.60. The highest BCUT2D eigenvalue weighted by Gasteiger charge is 2.46. The van der Waals surface area contributed by atoms with Gasteiger partial charge in [0.15, 0.2) is 11.6 Å². The normalized spacial score (nSPS) is 23.9. The number of anilines is 4. The minimum atomic E-state index is -1.38. The lowest BCUT2D eigenvalue weighted by molar-refractivity contribution is -0.141. The average Bonchev–Trinajstić information content (AvgIpc) is 4.41. The van der Waals surface area contributed by atoms with E-state index in [-0.39, 0.29) is 42.7 Å². The highest BCUT2D eigenvalue weighted by Crippen LogP contribution is 2.49. The standard InChI is InChI=1S/C58H80F2N8O12Si/c1-35(77-5)50(63-57(73)79-7)55(71)66-31-37(33-75-3)27-48(66)53(69)61-41-15-11-39(12-16-41)46-19-20-47(68(46)43-29-44(59)52(45(60)30-43)65-21-25-81(26-22-65)23-9-10-24-81)40-13-17-42(18-14-40)62-54(70)49-28-38(34-76-4)32-67(49)56(72)51(36(2)78-6)64-58(74)80-8/h11-18,29-30,35-38,46-51H,9-10,19-28,31-34H2,1-8H3,(H,61,69)(H,62,70)(H,63,73)(H,64,74)/t35-,36-,37+,38+,46+,47+,48+,49+,50+,51+/m1/s1. The molecule has 10 atom stereocenters. The third-order valence-electron chi connectivity index (χ3n) is 17.5. The van der Waals surface area contributed by atoms with Crippen LogP contribution in [0.4, 0.5) is 41.1 Å². The van der Waals surface area contributed by atoms with Crippen LogP contribution in [0.25, 0.3) is 0 Å². The second-order valence-corrected chi connectivity index (χ2v) is 27.4. The third kappa shape index (κ3) is 13.8. The summed E-state index contributed by atoms with van der Waals surface area (Å²) in [5, 5.41) is 11.1. The molecule has 0 radical (unpaired) electrons. The Hall–Kier alpha value is -6.40. The van der Waals surface area contributed by atoms with Gasteiger partial charge in [-0.15, -0.1) is 0 Å². The number of alkyl carbamates (subject to hydrolysis) is 2. The van der Waals surface area contributed by atoms with Crippen LogP contribution in [0.15, 0.2) is 60.7 Å². The van der Waals surface area contributed by atoms with Gasteiger partial charge in [-0.25, -0.2) is 18.4 Å². The largest absolute Gasteiger partial charge is 0.453 e. The Morgan fingerprint density at radius 3 is 1.38 bits per heavy atom. The number of benzene rings is 3. The van der Waals surface area contributed by atoms with Crippen molar-refractivity contribution in [3.63, 3.8) is 0 Å². The Labute approximate surface area is 474 Å². The number of rotatable bonds is 20. The Balaban J connectivity index is 1.04. The summed E-state index contributed by atoms with van der Waals surface area (Å²) in [7, 11) is 6.95. The molecule has 0 saturated carbocycles. The second kappa shape index (κ2) is 27.1. The Kier molecular flexibility index (Phi) is 20.3. The van der Waals surface area contributed by atoms with Crippen LogP contribution < -0.4 is 31.1 Å². The first kappa shape index (κ1) is 60.7. The lowest BCUT2D eigenvalue weighted by Gasteiger charge is -2.39. The fraction of sp³-hybridized carbons (Fsp3) is 0.586. The smallest absolute Gasteiger partial charge is 0.407 e. The van der Waals surface area contributed by atoms with Crippen LogP contribution in [-0.4, -0.2) is 172 Å². The number of nitrogens with zero attached hydrogens (tertiary/aromatic N) is 4. The molecular weight excluding hydrogens is 1070 g/mol.